The van der Waals surface area contributed by atoms with E-state index < -0.39 is 5.25 Å². The Morgan fingerprint density at radius 1 is 1.29 bits per heavy atom. The summed E-state index contributed by atoms with van der Waals surface area (Å²) in [7, 11) is 1.36. The van der Waals surface area contributed by atoms with Gasteiger partial charge in [-0.1, -0.05) is 43.3 Å². The Balaban J connectivity index is 1.92. The molecule has 3 aromatic rings. The molecule has 0 unspecified atom stereocenters. The number of thioether (sulfide) groups is 1. The van der Waals surface area contributed by atoms with E-state index in [1.165, 1.54) is 30.2 Å². The highest BCUT2D eigenvalue weighted by atomic mass is 32.2. The number of aryl methyl sites for hydroxylation is 1. The van der Waals surface area contributed by atoms with Gasteiger partial charge in [0, 0.05) is 11.3 Å². The minimum atomic E-state index is -0.491. The van der Waals surface area contributed by atoms with Gasteiger partial charge in [-0.05, 0) is 37.5 Å². The van der Waals surface area contributed by atoms with Crippen molar-refractivity contribution in [2.45, 2.75) is 57.2 Å². The Kier molecular flexibility index (Phi) is 6.23. The van der Waals surface area contributed by atoms with Gasteiger partial charge in [-0.15, -0.1) is 11.3 Å². The fraction of sp³-hybridized carbons (Fsp3) is 0.435. The van der Waals surface area contributed by atoms with Crippen LogP contribution in [0.1, 0.15) is 36.8 Å². The van der Waals surface area contributed by atoms with Crippen LogP contribution in [0.15, 0.2) is 34.2 Å². The van der Waals surface area contributed by atoms with Gasteiger partial charge in [-0.2, -0.15) is 0 Å². The largest absolute Gasteiger partial charge is 0.468 e. The fourth-order valence-electron chi connectivity index (χ4n) is 3.71. The number of carbonyl (C=O) groups is 1. The Hall–Kier alpha value is -2.16. The Labute approximate surface area is 189 Å². The number of methoxy groups -OCH3 is 1. The van der Waals surface area contributed by atoms with Gasteiger partial charge in [0.25, 0.3) is 5.56 Å². The molecule has 0 amide bonds. The lowest BCUT2D eigenvalue weighted by molar-refractivity contribution is -0.139. The maximum absolute atomic E-state index is 13.8. The van der Waals surface area contributed by atoms with Crippen molar-refractivity contribution in [3.05, 3.63) is 50.6 Å². The van der Waals surface area contributed by atoms with Gasteiger partial charge in [0.1, 0.15) is 10.1 Å². The number of nitrogens with zero attached hydrogens (tertiary/aromatic N) is 2. The molecule has 0 bridgehead atoms. The summed E-state index contributed by atoms with van der Waals surface area (Å²) in [4.78, 5) is 32.5. The maximum atomic E-state index is 13.8. The molecule has 2 atom stereocenters. The van der Waals surface area contributed by atoms with Gasteiger partial charge < -0.3 is 9.47 Å². The number of fused-ring (bicyclic) bond motifs is 3. The first-order valence-electron chi connectivity index (χ1n) is 10.3. The number of ether oxygens (including phenoxy) is 2. The third-order valence-electron chi connectivity index (χ3n) is 5.56. The van der Waals surface area contributed by atoms with Crippen LogP contribution in [0.25, 0.3) is 15.9 Å². The maximum Gasteiger partial charge on any atom is 0.318 e. The quantitative estimate of drug-likeness (QED) is 0.318. The van der Waals surface area contributed by atoms with Crippen molar-refractivity contribution >= 4 is 39.3 Å². The average molecular weight is 459 g/mol. The zero-order valence-corrected chi connectivity index (χ0v) is 19.9. The van der Waals surface area contributed by atoms with E-state index in [0.717, 1.165) is 21.7 Å². The first-order valence-corrected chi connectivity index (χ1v) is 12.0. The highest BCUT2D eigenvalue weighted by Gasteiger charge is 2.29. The lowest BCUT2D eigenvalue weighted by atomic mass is 9.96. The molecule has 0 saturated carbocycles. The van der Waals surface area contributed by atoms with Gasteiger partial charge in [-0.3, -0.25) is 14.2 Å². The summed E-state index contributed by atoms with van der Waals surface area (Å²) in [5, 5.41) is 0.665. The topological polar surface area (TPSA) is 70.4 Å². The van der Waals surface area contributed by atoms with Crippen LogP contribution < -0.4 is 5.56 Å². The number of esters is 1. The summed E-state index contributed by atoms with van der Waals surface area (Å²) >= 11 is 2.75. The van der Waals surface area contributed by atoms with Gasteiger partial charge in [-0.25, -0.2) is 4.98 Å². The smallest absolute Gasteiger partial charge is 0.318 e. The first kappa shape index (κ1) is 22.0. The van der Waals surface area contributed by atoms with Crippen molar-refractivity contribution in [1.82, 2.24) is 9.55 Å². The molecule has 31 heavy (non-hydrogen) atoms. The Morgan fingerprint density at radius 3 is 2.65 bits per heavy atom. The summed E-state index contributed by atoms with van der Waals surface area (Å²) in [6.45, 7) is 8.54. The van der Waals surface area contributed by atoms with Gasteiger partial charge in [0.15, 0.2) is 5.16 Å². The van der Waals surface area contributed by atoms with Crippen LogP contribution in [0, 0.1) is 12.8 Å². The molecule has 4 rings (SSSR count). The van der Waals surface area contributed by atoms with E-state index in [4.69, 9.17) is 14.5 Å². The third-order valence-corrected chi connectivity index (χ3v) is 7.69. The Bertz CT molecular complexity index is 1180. The molecule has 8 heteroatoms. The van der Waals surface area contributed by atoms with E-state index in [-0.39, 0.29) is 17.6 Å². The number of hydrogen-bond acceptors (Lipinski definition) is 7. The predicted octanol–water partition coefficient (Wildman–Crippen LogP) is 4.51. The van der Waals surface area contributed by atoms with E-state index in [1.807, 2.05) is 31.2 Å². The molecule has 0 fully saturated rings. The summed E-state index contributed by atoms with van der Waals surface area (Å²) < 4.78 is 12.5. The predicted molar refractivity (Wildman–Crippen MR) is 124 cm³/mol. The van der Waals surface area contributed by atoms with Gasteiger partial charge in [0.05, 0.1) is 30.9 Å². The molecule has 0 radical (unpaired) electrons. The van der Waals surface area contributed by atoms with Crippen LogP contribution in [0.2, 0.25) is 0 Å². The second-order valence-electron chi connectivity index (χ2n) is 8.14. The molecule has 1 aromatic carbocycles. The van der Waals surface area contributed by atoms with E-state index in [1.54, 1.807) is 11.5 Å². The normalized spacial score (nSPS) is 17.0. The van der Waals surface area contributed by atoms with Crippen LogP contribution in [0.4, 0.5) is 0 Å². The summed E-state index contributed by atoms with van der Waals surface area (Å²) in [5.41, 5.74) is 2.79. The number of thiophene rings is 1. The summed E-state index contributed by atoms with van der Waals surface area (Å²) in [6, 6.07) is 7.76. The van der Waals surface area contributed by atoms with Crippen molar-refractivity contribution in [2.24, 2.45) is 5.92 Å². The molecule has 0 spiro atoms. The van der Waals surface area contributed by atoms with Crippen LogP contribution in [-0.4, -0.2) is 34.0 Å². The number of rotatable bonds is 5. The molecule has 3 heterocycles. The number of aromatic nitrogens is 2. The van der Waals surface area contributed by atoms with Crippen molar-refractivity contribution < 1.29 is 14.3 Å². The summed E-state index contributed by atoms with van der Waals surface area (Å²) in [6.07, 6.45) is 0.800. The lowest BCUT2D eigenvalue weighted by Gasteiger charge is -2.26. The van der Waals surface area contributed by atoms with Crippen molar-refractivity contribution in [3.63, 3.8) is 0 Å². The number of hydrogen-bond donors (Lipinski definition) is 0. The van der Waals surface area contributed by atoms with E-state index in [9.17, 15) is 9.59 Å². The minimum Gasteiger partial charge on any atom is -0.468 e. The van der Waals surface area contributed by atoms with E-state index in [0.29, 0.717) is 34.3 Å². The van der Waals surface area contributed by atoms with Crippen LogP contribution >= 0.6 is 23.1 Å². The second-order valence-corrected chi connectivity index (χ2v) is 10.5. The molecule has 164 valence electrons. The molecule has 0 N–H and O–H groups in total. The lowest BCUT2D eigenvalue weighted by Crippen LogP contribution is -2.28. The monoisotopic (exact) mass is 458 g/mol. The standard InChI is InChI=1S/C23H26N2O4S2/c1-12(2)17-10-16-18(11-29-17)31-20-19(16)21(26)25(15-8-6-13(3)7-9-15)23(24-20)30-14(4)22(27)28-5/h6-9,12,14,17H,10-11H2,1-5H3/t14-,17+/m0/s1. The van der Waals surface area contributed by atoms with Crippen LogP contribution in [0.3, 0.4) is 0 Å². The fourth-order valence-corrected chi connectivity index (χ4v) is 5.83. The van der Waals surface area contributed by atoms with E-state index in [2.05, 4.69) is 13.8 Å². The third kappa shape index (κ3) is 4.16. The number of benzene rings is 1. The van der Waals surface area contributed by atoms with E-state index >= 15 is 0 Å². The average Bonchev–Trinajstić information content (AvgIpc) is 3.11. The highest BCUT2D eigenvalue weighted by molar-refractivity contribution is 8.00. The zero-order valence-electron chi connectivity index (χ0n) is 18.3. The molecule has 1 aliphatic rings. The first-order chi connectivity index (χ1) is 14.8. The summed E-state index contributed by atoms with van der Waals surface area (Å²) in [5.74, 6) is 0.0135. The minimum absolute atomic E-state index is 0.0888. The van der Waals surface area contributed by atoms with Crippen molar-refractivity contribution in [3.8, 4) is 5.69 Å². The van der Waals surface area contributed by atoms with Gasteiger partial charge >= 0.3 is 5.97 Å². The van der Waals surface area contributed by atoms with Crippen LogP contribution in [-0.2, 0) is 27.3 Å². The second kappa shape index (κ2) is 8.76. The molecule has 6 nitrogen and oxygen atoms in total. The zero-order chi connectivity index (χ0) is 22.3. The van der Waals surface area contributed by atoms with Gasteiger partial charge in [0.2, 0.25) is 0 Å². The van der Waals surface area contributed by atoms with Crippen molar-refractivity contribution in [2.75, 3.05) is 7.11 Å². The molecule has 1 aliphatic heterocycles. The van der Waals surface area contributed by atoms with Crippen LogP contribution in [0.5, 0.6) is 0 Å². The molecule has 2 aromatic heterocycles. The number of carbonyl (C=O) groups excluding carboxylic acids is 1. The highest BCUT2D eigenvalue weighted by Crippen LogP contribution is 2.36. The molecule has 0 saturated heterocycles. The van der Waals surface area contributed by atoms with Crippen molar-refractivity contribution in [1.29, 1.82) is 0 Å². The SMILES string of the molecule is COC(=O)[C@H](C)Sc1nc2sc3c(c2c(=O)n1-c1ccc(C)cc1)C[C@H](C(C)C)OC3. The molecular weight excluding hydrogens is 432 g/mol. The molecule has 0 aliphatic carbocycles. The Morgan fingerprint density at radius 2 is 2.00 bits per heavy atom. The molecular formula is C23H26N2O4S2.